The van der Waals surface area contributed by atoms with Gasteiger partial charge in [0.25, 0.3) is 0 Å². The highest BCUT2D eigenvalue weighted by Gasteiger charge is 2.14. The van der Waals surface area contributed by atoms with Gasteiger partial charge < -0.3 is 19.9 Å². The number of nitrogen functional groups attached to an aromatic ring is 1. The molecule has 0 saturated heterocycles. The van der Waals surface area contributed by atoms with Crippen molar-refractivity contribution in [2.45, 2.75) is 13.8 Å². The number of carbonyl (C=O) groups is 1. The first-order valence-electron chi connectivity index (χ1n) is 7.46. The SMILES string of the molecule is CCOc1cc(C=Nn2cc(C)nc2N)cc(Br)c1OCC(=O)OC. The van der Waals surface area contributed by atoms with Gasteiger partial charge in [-0.2, -0.15) is 5.10 Å². The Morgan fingerprint density at radius 2 is 2.20 bits per heavy atom. The topological polar surface area (TPSA) is 101 Å². The molecule has 134 valence electrons. The van der Waals surface area contributed by atoms with Gasteiger partial charge in [-0.15, -0.1) is 0 Å². The van der Waals surface area contributed by atoms with E-state index in [0.29, 0.717) is 28.5 Å². The number of hydrogen-bond acceptors (Lipinski definition) is 7. The number of rotatable bonds is 7. The lowest BCUT2D eigenvalue weighted by Crippen LogP contribution is -2.13. The molecular weight excluding hydrogens is 392 g/mol. The van der Waals surface area contributed by atoms with Gasteiger partial charge >= 0.3 is 5.97 Å². The van der Waals surface area contributed by atoms with Crippen LogP contribution in [0, 0.1) is 6.92 Å². The molecular formula is C16H19BrN4O4. The number of halogens is 1. The van der Waals surface area contributed by atoms with Gasteiger partial charge in [0.1, 0.15) is 0 Å². The predicted octanol–water partition coefficient (Wildman–Crippen LogP) is 2.37. The number of ether oxygens (including phenoxy) is 3. The Balaban J connectivity index is 2.28. The summed E-state index contributed by atoms with van der Waals surface area (Å²) in [6.07, 6.45) is 3.34. The summed E-state index contributed by atoms with van der Waals surface area (Å²) in [7, 11) is 1.30. The molecule has 0 amide bonds. The van der Waals surface area contributed by atoms with Crippen LogP contribution in [0.25, 0.3) is 0 Å². The molecule has 0 fully saturated rings. The second-order valence-corrected chi connectivity index (χ2v) is 5.81. The highest BCUT2D eigenvalue weighted by molar-refractivity contribution is 9.10. The molecule has 9 heteroatoms. The normalized spacial score (nSPS) is 10.9. The lowest BCUT2D eigenvalue weighted by atomic mass is 10.2. The van der Waals surface area contributed by atoms with Crippen molar-refractivity contribution in [3.63, 3.8) is 0 Å². The van der Waals surface area contributed by atoms with Crippen molar-refractivity contribution < 1.29 is 19.0 Å². The summed E-state index contributed by atoms with van der Waals surface area (Å²) >= 11 is 3.42. The van der Waals surface area contributed by atoms with Gasteiger partial charge in [-0.3, -0.25) is 0 Å². The summed E-state index contributed by atoms with van der Waals surface area (Å²) in [5.74, 6) is 0.723. The quantitative estimate of drug-likeness (QED) is 0.555. The highest BCUT2D eigenvalue weighted by atomic mass is 79.9. The molecule has 2 rings (SSSR count). The molecule has 0 spiro atoms. The molecule has 2 N–H and O–H groups in total. The van der Waals surface area contributed by atoms with Gasteiger partial charge in [-0.05, 0) is 47.5 Å². The number of nitrogens with zero attached hydrogens (tertiary/aromatic N) is 3. The van der Waals surface area contributed by atoms with E-state index in [1.165, 1.54) is 11.8 Å². The van der Waals surface area contributed by atoms with Crippen LogP contribution in [0.2, 0.25) is 0 Å². The summed E-state index contributed by atoms with van der Waals surface area (Å²) in [6, 6.07) is 3.54. The summed E-state index contributed by atoms with van der Waals surface area (Å²) in [6.45, 7) is 3.91. The van der Waals surface area contributed by atoms with Gasteiger partial charge in [0.2, 0.25) is 5.95 Å². The molecule has 1 aromatic heterocycles. The van der Waals surface area contributed by atoms with E-state index in [2.05, 4.69) is 30.8 Å². The van der Waals surface area contributed by atoms with Gasteiger partial charge in [0.15, 0.2) is 18.1 Å². The average molecular weight is 411 g/mol. The van der Waals surface area contributed by atoms with Crippen molar-refractivity contribution in [3.05, 3.63) is 34.1 Å². The summed E-state index contributed by atoms with van der Waals surface area (Å²) in [4.78, 5) is 15.4. The molecule has 0 unspecified atom stereocenters. The minimum atomic E-state index is -0.481. The highest BCUT2D eigenvalue weighted by Crippen LogP contribution is 2.36. The molecule has 0 radical (unpaired) electrons. The Hall–Kier alpha value is -2.55. The van der Waals surface area contributed by atoms with Crippen LogP contribution in [-0.4, -0.2) is 42.2 Å². The molecule has 0 bridgehead atoms. The van der Waals surface area contributed by atoms with E-state index in [1.54, 1.807) is 24.5 Å². The number of benzene rings is 1. The average Bonchev–Trinajstić information content (AvgIpc) is 2.89. The fraction of sp³-hybridized carbons (Fsp3) is 0.312. The van der Waals surface area contributed by atoms with Crippen LogP contribution in [0.5, 0.6) is 11.5 Å². The Kier molecular flexibility index (Phi) is 6.40. The molecule has 8 nitrogen and oxygen atoms in total. The predicted molar refractivity (Wildman–Crippen MR) is 97.2 cm³/mol. The van der Waals surface area contributed by atoms with Crippen molar-refractivity contribution in [3.8, 4) is 11.5 Å². The van der Waals surface area contributed by atoms with Gasteiger partial charge in [-0.1, -0.05) is 0 Å². The Morgan fingerprint density at radius 3 is 2.80 bits per heavy atom. The lowest BCUT2D eigenvalue weighted by Gasteiger charge is -2.13. The fourth-order valence-electron chi connectivity index (χ4n) is 1.98. The molecule has 25 heavy (non-hydrogen) atoms. The van der Waals surface area contributed by atoms with Crippen LogP contribution < -0.4 is 15.2 Å². The second kappa shape index (κ2) is 8.52. The summed E-state index contributed by atoms with van der Waals surface area (Å²) < 4.78 is 17.8. The van der Waals surface area contributed by atoms with Crippen LogP contribution >= 0.6 is 15.9 Å². The first-order valence-corrected chi connectivity index (χ1v) is 8.25. The van der Waals surface area contributed by atoms with Crippen LogP contribution in [0.3, 0.4) is 0 Å². The number of aryl methyl sites for hydroxylation is 1. The van der Waals surface area contributed by atoms with Crippen LogP contribution in [0.15, 0.2) is 27.9 Å². The van der Waals surface area contributed by atoms with Crippen molar-refractivity contribution in [1.29, 1.82) is 0 Å². The first kappa shape index (κ1) is 18.8. The third kappa shape index (κ3) is 4.96. The monoisotopic (exact) mass is 410 g/mol. The fourth-order valence-corrected chi connectivity index (χ4v) is 2.55. The second-order valence-electron chi connectivity index (χ2n) is 4.96. The Morgan fingerprint density at radius 1 is 1.44 bits per heavy atom. The molecule has 0 atom stereocenters. The van der Waals surface area contributed by atoms with Crippen LogP contribution in [0.1, 0.15) is 18.2 Å². The van der Waals surface area contributed by atoms with E-state index >= 15 is 0 Å². The summed E-state index contributed by atoms with van der Waals surface area (Å²) in [5.41, 5.74) is 7.29. The minimum Gasteiger partial charge on any atom is -0.490 e. The molecule has 1 aromatic carbocycles. The molecule has 0 aliphatic rings. The minimum absolute atomic E-state index is 0.215. The van der Waals surface area contributed by atoms with Crippen molar-refractivity contribution >= 4 is 34.1 Å². The smallest absolute Gasteiger partial charge is 0.343 e. The van der Waals surface area contributed by atoms with Gasteiger partial charge in [0, 0.05) is 0 Å². The zero-order valence-electron chi connectivity index (χ0n) is 14.2. The van der Waals surface area contributed by atoms with E-state index in [-0.39, 0.29) is 6.61 Å². The Bertz CT molecular complexity index is 789. The zero-order chi connectivity index (χ0) is 18.4. The molecule has 1 heterocycles. The van der Waals surface area contributed by atoms with E-state index in [4.69, 9.17) is 15.2 Å². The first-order chi connectivity index (χ1) is 11.9. The number of nitrogens with two attached hydrogens (primary N) is 1. The number of anilines is 1. The standard InChI is InChI=1S/C16H19BrN4O4/c1-4-24-13-6-11(7-19-21-8-10(2)20-16(21)18)5-12(17)15(13)25-9-14(22)23-3/h5-8H,4,9H2,1-3H3,(H2,18,20). The van der Waals surface area contributed by atoms with Crippen molar-refractivity contribution in [1.82, 2.24) is 9.66 Å². The maximum Gasteiger partial charge on any atom is 0.343 e. The lowest BCUT2D eigenvalue weighted by molar-refractivity contribution is -0.142. The van der Waals surface area contributed by atoms with Crippen molar-refractivity contribution in [2.24, 2.45) is 5.10 Å². The van der Waals surface area contributed by atoms with Gasteiger partial charge in [0.05, 0.1) is 36.3 Å². The largest absolute Gasteiger partial charge is 0.490 e. The number of carbonyl (C=O) groups excluding carboxylic acids is 1. The van der Waals surface area contributed by atoms with E-state index in [9.17, 15) is 4.79 Å². The Labute approximate surface area is 153 Å². The van der Waals surface area contributed by atoms with Gasteiger partial charge in [-0.25, -0.2) is 14.5 Å². The number of hydrogen-bond donors (Lipinski definition) is 1. The summed E-state index contributed by atoms with van der Waals surface area (Å²) in [5, 5.41) is 4.27. The maximum atomic E-state index is 11.3. The number of methoxy groups -OCH3 is 1. The van der Waals surface area contributed by atoms with E-state index in [1.807, 2.05) is 13.8 Å². The molecule has 0 saturated carbocycles. The van der Waals surface area contributed by atoms with E-state index in [0.717, 1.165) is 11.3 Å². The van der Waals surface area contributed by atoms with Crippen LogP contribution in [-0.2, 0) is 9.53 Å². The third-order valence-corrected chi connectivity index (χ3v) is 3.65. The van der Waals surface area contributed by atoms with Crippen LogP contribution in [0.4, 0.5) is 5.95 Å². The number of aromatic nitrogens is 2. The van der Waals surface area contributed by atoms with Crippen molar-refractivity contribution in [2.75, 3.05) is 26.1 Å². The number of esters is 1. The van der Waals surface area contributed by atoms with E-state index < -0.39 is 5.97 Å². The molecule has 2 aromatic rings. The number of imidazole rings is 1. The maximum absolute atomic E-state index is 11.3. The zero-order valence-corrected chi connectivity index (χ0v) is 15.7. The molecule has 0 aliphatic carbocycles. The molecule has 0 aliphatic heterocycles. The third-order valence-electron chi connectivity index (χ3n) is 3.06.